The average Bonchev–Trinajstić information content (AvgIpc) is 2.73. The smallest absolute Gasteiger partial charge is 0.410 e. The Morgan fingerprint density at radius 1 is 1.21 bits per heavy atom. The maximum atomic E-state index is 12.4. The summed E-state index contributed by atoms with van der Waals surface area (Å²) < 4.78 is 6.50. The lowest BCUT2D eigenvalue weighted by atomic mass is 9.97. The molecule has 2 heterocycles. The van der Waals surface area contributed by atoms with Crippen LogP contribution in [0.4, 0.5) is 10.6 Å². The van der Waals surface area contributed by atoms with Crippen molar-refractivity contribution in [2.75, 3.05) is 17.4 Å². The van der Waals surface area contributed by atoms with E-state index in [2.05, 4.69) is 17.8 Å². The largest absolute Gasteiger partial charge is 0.445 e. The number of benzene rings is 1. The number of thiol groups is 1. The van der Waals surface area contributed by atoms with Gasteiger partial charge in [-0.1, -0.05) is 66.3 Å². The summed E-state index contributed by atoms with van der Waals surface area (Å²) >= 11 is 4.23. The Bertz CT molecular complexity index is 876. The minimum absolute atomic E-state index is 0.201. The average molecular weight is 393 g/mol. The van der Waals surface area contributed by atoms with Gasteiger partial charge in [-0.3, -0.25) is 4.79 Å². The second-order valence-corrected chi connectivity index (χ2v) is 6.80. The number of carbonyl (C=O) groups excluding carboxylic acids is 2. The SMILES string of the molecule is [B]c1cccnc1N(S)C(=O)CC1=CCN(C(=O)OCc2ccccc2)CC1. The number of hydrogen-bond donors (Lipinski definition) is 1. The number of amides is 2. The number of rotatable bonds is 5. The Morgan fingerprint density at radius 3 is 2.68 bits per heavy atom. The summed E-state index contributed by atoms with van der Waals surface area (Å²) in [5.41, 5.74) is 2.28. The molecule has 0 atom stereocenters. The van der Waals surface area contributed by atoms with Crippen LogP contribution in [0.1, 0.15) is 18.4 Å². The Labute approximate surface area is 171 Å². The molecule has 0 N–H and O–H groups in total. The predicted octanol–water partition coefficient (Wildman–Crippen LogP) is 2.41. The number of carbonyl (C=O) groups is 2. The number of aromatic nitrogens is 1. The molecule has 0 bridgehead atoms. The molecule has 1 aliphatic rings. The van der Waals surface area contributed by atoms with Crippen molar-refractivity contribution >= 4 is 43.9 Å². The van der Waals surface area contributed by atoms with Crippen LogP contribution < -0.4 is 9.77 Å². The van der Waals surface area contributed by atoms with E-state index in [4.69, 9.17) is 12.6 Å². The van der Waals surface area contributed by atoms with E-state index >= 15 is 0 Å². The van der Waals surface area contributed by atoms with Crippen molar-refractivity contribution in [2.24, 2.45) is 0 Å². The fourth-order valence-electron chi connectivity index (χ4n) is 2.82. The monoisotopic (exact) mass is 393 g/mol. The molecule has 2 amide bonds. The molecular weight excluding hydrogens is 373 g/mol. The van der Waals surface area contributed by atoms with Crippen LogP contribution in [0.2, 0.25) is 0 Å². The first-order valence-corrected chi connectivity index (χ1v) is 9.30. The zero-order chi connectivity index (χ0) is 19.9. The first-order chi connectivity index (χ1) is 13.5. The molecule has 2 aromatic rings. The van der Waals surface area contributed by atoms with Gasteiger partial charge >= 0.3 is 6.09 Å². The zero-order valence-corrected chi connectivity index (χ0v) is 16.2. The number of ether oxygens (including phenoxy) is 1. The molecule has 0 saturated carbocycles. The van der Waals surface area contributed by atoms with E-state index in [0.717, 1.165) is 15.4 Å². The van der Waals surface area contributed by atoms with Gasteiger partial charge in [0, 0.05) is 25.7 Å². The third-order valence-electron chi connectivity index (χ3n) is 4.40. The molecule has 0 spiro atoms. The van der Waals surface area contributed by atoms with Gasteiger partial charge in [0.15, 0.2) is 0 Å². The van der Waals surface area contributed by atoms with Crippen LogP contribution in [0.5, 0.6) is 0 Å². The van der Waals surface area contributed by atoms with Gasteiger partial charge in [-0.25, -0.2) is 14.1 Å². The van der Waals surface area contributed by atoms with Crippen molar-refractivity contribution in [3.05, 3.63) is 65.9 Å². The van der Waals surface area contributed by atoms with Gasteiger partial charge in [0.2, 0.25) is 5.91 Å². The Hall–Kier alpha value is -2.74. The van der Waals surface area contributed by atoms with Crippen LogP contribution in [-0.2, 0) is 16.1 Å². The second-order valence-electron chi connectivity index (χ2n) is 6.40. The number of pyridine rings is 1. The predicted molar refractivity (Wildman–Crippen MR) is 112 cm³/mol. The van der Waals surface area contributed by atoms with E-state index in [0.29, 0.717) is 30.8 Å². The van der Waals surface area contributed by atoms with Crippen LogP contribution in [0.15, 0.2) is 60.3 Å². The van der Waals surface area contributed by atoms with E-state index in [9.17, 15) is 9.59 Å². The first kappa shape index (κ1) is 20.0. The van der Waals surface area contributed by atoms with Crippen molar-refractivity contribution in [3.63, 3.8) is 0 Å². The van der Waals surface area contributed by atoms with Crippen LogP contribution in [-0.4, -0.2) is 42.8 Å². The topological polar surface area (TPSA) is 62.7 Å². The lowest BCUT2D eigenvalue weighted by Gasteiger charge is -2.26. The first-order valence-electron chi connectivity index (χ1n) is 8.90. The summed E-state index contributed by atoms with van der Waals surface area (Å²) in [6.45, 7) is 1.16. The van der Waals surface area contributed by atoms with Crippen molar-refractivity contribution in [1.82, 2.24) is 9.88 Å². The summed E-state index contributed by atoms with van der Waals surface area (Å²) in [6.07, 6.45) is 3.88. The zero-order valence-electron chi connectivity index (χ0n) is 15.3. The molecule has 1 aliphatic heterocycles. The highest BCUT2D eigenvalue weighted by atomic mass is 32.1. The van der Waals surface area contributed by atoms with Gasteiger partial charge in [0.1, 0.15) is 20.3 Å². The van der Waals surface area contributed by atoms with E-state index in [1.807, 2.05) is 36.4 Å². The van der Waals surface area contributed by atoms with Gasteiger partial charge in [-0.2, -0.15) is 0 Å². The summed E-state index contributed by atoms with van der Waals surface area (Å²) in [4.78, 5) is 30.3. The van der Waals surface area contributed by atoms with Gasteiger partial charge in [-0.15, -0.1) is 0 Å². The van der Waals surface area contributed by atoms with Gasteiger partial charge in [0.25, 0.3) is 0 Å². The molecule has 0 unspecified atom stereocenters. The van der Waals surface area contributed by atoms with Gasteiger partial charge in [0.05, 0.1) is 0 Å². The molecular formula is C20H20BN3O3S. The third-order valence-corrected chi connectivity index (χ3v) is 4.81. The molecule has 8 heteroatoms. The summed E-state index contributed by atoms with van der Waals surface area (Å²) in [6, 6.07) is 12.9. The highest BCUT2D eigenvalue weighted by Gasteiger charge is 2.22. The van der Waals surface area contributed by atoms with Crippen LogP contribution in [0.25, 0.3) is 0 Å². The summed E-state index contributed by atoms with van der Waals surface area (Å²) in [5.74, 6) is 0.0958. The molecule has 0 aliphatic carbocycles. The Balaban J connectivity index is 1.50. The normalized spacial score (nSPS) is 13.6. The van der Waals surface area contributed by atoms with Crippen LogP contribution in [0, 0.1) is 0 Å². The van der Waals surface area contributed by atoms with Gasteiger partial charge < -0.3 is 9.64 Å². The van der Waals surface area contributed by atoms with E-state index in [1.54, 1.807) is 23.2 Å². The maximum Gasteiger partial charge on any atom is 0.410 e. The van der Waals surface area contributed by atoms with Crippen molar-refractivity contribution in [3.8, 4) is 0 Å². The minimum Gasteiger partial charge on any atom is -0.445 e. The fourth-order valence-corrected chi connectivity index (χ4v) is 3.06. The molecule has 2 radical (unpaired) electrons. The molecule has 1 aromatic heterocycles. The number of hydrogen-bond acceptors (Lipinski definition) is 5. The molecule has 3 rings (SSSR count). The van der Waals surface area contributed by atoms with Crippen molar-refractivity contribution < 1.29 is 14.3 Å². The maximum absolute atomic E-state index is 12.4. The number of nitrogens with zero attached hydrogens (tertiary/aromatic N) is 3. The molecule has 1 aromatic carbocycles. The fraction of sp³-hybridized carbons (Fsp3) is 0.250. The summed E-state index contributed by atoms with van der Waals surface area (Å²) in [7, 11) is 5.84. The third kappa shape index (κ3) is 5.16. The Morgan fingerprint density at radius 2 is 2.00 bits per heavy atom. The second kappa shape index (κ2) is 9.46. The standard InChI is InChI=1S/C20H20BN3O3S/c21-17-7-4-10-22-19(17)24(28)18(25)13-15-8-11-23(12-9-15)20(26)27-14-16-5-2-1-3-6-16/h1-8,10,28H,9,11-14H2. The van der Waals surface area contributed by atoms with Crippen molar-refractivity contribution in [1.29, 1.82) is 0 Å². The highest BCUT2D eigenvalue weighted by molar-refractivity contribution is 7.82. The minimum atomic E-state index is -0.359. The van der Waals surface area contributed by atoms with Crippen LogP contribution in [0.3, 0.4) is 0 Å². The molecule has 28 heavy (non-hydrogen) atoms. The quantitative estimate of drug-likeness (QED) is 0.482. The lowest BCUT2D eigenvalue weighted by Crippen LogP contribution is -2.36. The summed E-state index contributed by atoms with van der Waals surface area (Å²) in [5, 5.41) is 0. The van der Waals surface area contributed by atoms with Crippen LogP contribution >= 0.6 is 12.8 Å². The number of anilines is 1. The molecule has 0 saturated heterocycles. The van der Waals surface area contributed by atoms with Gasteiger partial charge in [-0.05, 0) is 18.1 Å². The highest BCUT2D eigenvalue weighted by Crippen LogP contribution is 2.19. The van der Waals surface area contributed by atoms with E-state index in [1.165, 1.54) is 0 Å². The molecule has 142 valence electrons. The molecule has 0 fully saturated rings. The Kier molecular flexibility index (Phi) is 6.76. The lowest BCUT2D eigenvalue weighted by molar-refractivity contribution is -0.116. The van der Waals surface area contributed by atoms with E-state index in [-0.39, 0.29) is 25.0 Å². The molecule has 6 nitrogen and oxygen atoms in total. The van der Waals surface area contributed by atoms with Crippen molar-refractivity contribution in [2.45, 2.75) is 19.4 Å². The van der Waals surface area contributed by atoms with E-state index < -0.39 is 0 Å².